The predicted octanol–water partition coefficient (Wildman–Crippen LogP) is 3.41. The molecule has 0 aromatic carbocycles. The van der Waals surface area contributed by atoms with E-state index in [0.29, 0.717) is 11.3 Å². The van der Waals surface area contributed by atoms with Gasteiger partial charge in [0.25, 0.3) is 0 Å². The number of rotatable bonds is 1. The van der Waals surface area contributed by atoms with Crippen molar-refractivity contribution in [3.05, 3.63) is 34.4 Å². The Balaban J connectivity index is 1.98. The van der Waals surface area contributed by atoms with Gasteiger partial charge in [0.15, 0.2) is 0 Å². The smallest absolute Gasteiger partial charge is 0.0430 e. The second kappa shape index (κ2) is 1.88. The number of allylic oxidation sites excluding steroid dienone is 6. The maximum absolute atomic E-state index is 6.07. The summed E-state index contributed by atoms with van der Waals surface area (Å²) < 4.78 is 0. The van der Waals surface area contributed by atoms with Gasteiger partial charge in [0.1, 0.15) is 0 Å². The molecule has 3 rings (SSSR count). The lowest BCUT2D eigenvalue weighted by atomic mass is 9.89. The standard InChI is InChI=1S/C11H11Cl/c1-11(5-6-11)8-4-2-3-7-9(8)10(7)12/h2-4,9H,5-6H2,1H3/t9-/m1/s1. The van der Waals surface area contributed by atoms with Gasteiger partial charge in [-0.1, -0.05) is 42.3 Å². The van der Waals surface area contributed by atoms with E-state index in [1.54, 1.807) is 5.57 Å². The van der Waals surface area contributed by atoms with Gasteiger partial charge in [0.2, 0.25) is 0 Å². The SMILES string of the molecule is CC1(C2=CC=CC3=C(Cl)[C@@H]23)CC1. The third-order valence-electron chi connectivity index (χ3n) is 3.32. The van der Waals surface area contributed by atoms with E-state index in [1.165, 1.54) is 18.4 Å². The van der Waals surface area contributed by atoms with Gasteiger partial charge in [-0.2, -0.15) is 0 Å². The van der Waals surface area contributed by atoms with Crippen LogP contribution < -0.4 is 0 Å². The van der Waals surface area contributed by atoms with Crippen LogP contribution in [0.25, 0.3) is 0 Å². The maximum Gasteiger partial charge on any atom is 0.0430 e. The number of hydrogen-bond acceptors (Lipinski definition) is 0. The van der Waals surface area contributed by atoms with Crippen molar-refractivity contribution in [3.63, 3.8) is 0 Å². The van der Waals surface area contributed by atoms with Crippen molar-refractivity contribution in [1.29, 1.82) is 0 Å². The Morgan fingerprint density at radius 3 is 2.92 bits per heavy atom. The molecule has 0 N–H and O–H groups in total. The molecule has 0 bridgehead atoms. The largest absolute Gasteiger partial charge is 0.0878 e. The van der Waals surface area contributed by atoms with Gasteiger partial charge in [-0.25, -0.2) is 0 Å². The van der Waals surface area contributed by atoms with Gasteiger partial charge in [-0.15, -0.1) is 0 Å². The Bertz CT molecular complexity index is 340. The first-order chi connectivity index (χ1) is 5.72. The number of hydrogen-bond donors (Lipinski definition) is 0. The molecule has 1 heteroatoms. The Hall–Kier alpha value is -0.490. The van der Waals surface area contributed by atoms with Crippen LogP contribution in [0, 0.1) is 11.3 Å². The van der Waals surface area contributed by atoms with E-state index < -0.39 is 0 Å². The van der Waals surface area contributed by atoms with E-state index in [2.05, 4.69) is 25.2 Å². The summed E-state index contributed by atoms with van der Waals surface area (Å²) in [5.74, 6) is 0.532. The third-order valence-corrected chi connectivity index (χ3v) is 3.75. The lowest BCUT2D eigenvalue weighted by Crippen LogP contribution is -2.04. The maximum atomic E-state index is 6.07. The van der Waals surface area contributed by atoms with Gasteiger partial charge < -0.3 is 0 Å². The van der Waals surface area contributed by atoms with Crippen LogP contribution in [0.4, 0.5) is 0 Å². The molecule has 1 fully saturated rings. The Labute approximate surface area is 77.6 Å². The zero-order valence-electron chi connectivity index (χ0n) is 7.10. The minimum atomic E-state index is 0.497. The van der Waals surface area contributed by atoms with E-state index in [9.17, 15) is 0 Å². The fourth-order valence-electron chi connectivity index (χ4n) is 2.07. The molecule has 62 valence electrons. The Morgan fingerprint density at radius 2 is 2.25 bits per heavy atom. The van der Waals surface area contributed by atoms with Crippen LogP contribution in [0.1, 0.15) is 19.8 Å². The third kappa shape index (κ3) is 0.740. The topological polar surface area (TPSA) is 0 Å². The minimum absolute atomic E-state index is 0.497. The highest BCUT2D eigenvalue weighted by atomic mass is 35.5. The summed E-state index contributed by atoms with van der Waals surface area (Å²) in [6.07, 6.45) is 9.24. The first-order valence-electron chi connectivity index (χ1n) is 4.51. The molecule has 0 heterocycles. The highest BCUT2D eigenvalue weighted by Gasteiger charge is 2.50. The molecule has 0 aromatic heterocycles. The zero-order valence-corrected chi connectivity index (χ0v) is 7.86. The van der Waals surface area contributed by atoms with Crippen LogP contribution in [0.15, 0.2) is 34.4 Å². The molecule has 12 heavy (non-hydrogen) atoms. The minimum Gasteiger partial charge on any atom is -0.0878 e. The van der Waals surface area contributed by atoms with Crippen molar-refractivity contribution in [2.24, 2.45) is 11.3 Å². The molecule has 0 nitrogen and oxygen atoms in total. The normalized spacial score (nSPS) is 34.5. The van der Waals surface area contributed by atoms with Gasteiger partial charge in [-0.3, -0.25) is 0 Å². The van der Waals surface area contributed by atoms with Crippen LogP contribution >= 0.6 is 11.6 Å². The summed E-state index contributed by atoms with van der Waals surface area (Å²) in [5, 5.41) is 1.09. The molecule has 0 radical (unpaired) electrons. The molecule has 0 aromatic rings. The summed E-state index contributed by atoms with van der Waals surface area (Å²) >= 11 is 6.07. The molecule has 1 atom stereocenters. The van der Waals surface area contributed by atoms with Gasteiger partial charge in [-0.05, 0) is 23.8 Å². The quantitative estimate of drug-likeness (QED) is 0.578. The van der Waals surface area contributed by atoms with Crippen molar-refractivity contribution < 1.29 is 0 Å². The summed E-state index contributed by atoms with van der Waals surface area (Å²) in [5.41, 5.74) is 3.42. The van der Waals surface area contributed by atoms with E-state index in [0.717, 1.165) is 5.03 Å². The molecule has 0 spiro atoms. The average Bonchev–Trinajstić information content (AvgIpc) is 2.94. The molecule has 3 aliphatic rings. The summed E-state index contributed by atoms with van der Waals surface area (Å²) in [6, 6.07) is 0. The van der Waals surface area contributed by atoms with E-state index in [4.69, 9.17) is 11.6 Å². The van der Waals surface area contributed by atoms with Crippen LogP contribution in [0.3, 0.4) is 0 Å². The van der Waals surface area contributed by atoms with Crippen molar-refractivity contribution in [2.75, 3.05) is 0 Å². The highest BCUT2D eigenvalue weighted by Crippen LogP contribution is 2.62. The van der Waals surface area contributed by atoms with Gasteiger partial charge in [0, 0.05) is 11.0 Å². The molecule has 0 unspecified atom stereocenters. The summed E-state index contributed by atoms with van der Waals surface area (Å²) in [4.78, 5) is 0. The molecule has 0 aliphatic heterocycles. The van der Waals surface area contributed by atoms with Gasteiger partial charge >= 0.3 is 0 Å². The zero-order chi connectivity index (χ0) is 8.34. The lowest BCUT2D eigenvalue weighted by molar-refractivity contribution is 0.644. The van der Waals surface area contributed by atoms with Crippen molar-refractivity contribution in [3.8, 4) is 0 Å². The number of halogens is 1. The van der Waals surface area contributed by atoms with Crippen molar-refractivity contribution in [2.45, 2.75) is 19.8 Å². The second-order valence-electron chi connectivity index (χ2n) is 4.28. The molecule has 1 saturated carbocycles. The monoisotopic (exact) mass is 178 g/mol. The summed E-state index contributed by atoms with van der Waals surface area (Å²) in [7, 11) is 0. The fraction of sp³-hybridized carbons (Fsp3) is 0.455. The highest BCUT2D eigenvalue weighted by molar-refractivity contribution is 6.34. The first kappa shape index (κ1) is 6.97. The molecular weight excluding hydrogens is 168 g/mol. The van der Waals surface area contributed by atoms with E-state index in [1.807, 2.05) is 0 Å². The molecule has 3 aliphatic carbocycles. The fourth-order valence-corrected chi connectivity index (χ4v) is 2.42. The predicted molar refractivity (Wildman–Crippen MR) is 50.9 cm³/mol. The average molecular weight is 179 g/mol. The molecule has 0 amide bonds. The molecular formula is C11H11Cl. The Morgan fingerprint density at radius 1 is 1.50 bits per heavy atom. The van der Waals surface area contributed by atoms with Gasteiger partial charge in [0.05, 0.1) is 0 Å². The van der Waals surface area contributed by atoms with Crippen molar-refractivity contribution >= 4 is 11.6 Å². The summed E-state index contributed by atoms with van der Waals surface area (Å²) in [6.45, 7) is 2.35. The first-order valence-corrected chi connectivity index (χ1v) is 4.88. The second-order valence-corrected chi connectivity index (χ2v) is 4.69. The number of fused-ring (bicyclic) bond motifs is 1. The van der Waals surface area contributed by atoms with E-state index in [-0.39, 0.29) is 0 Å². The van der Waals surface area contributed by atoms with Crippen LogP contribution in [-0.4, -0.2) is 0 Å². The lowest BCUT2D eigenvalue weighted by Gasteiger charge is -2.15. The molecule has 0 saturated heterocycles. The van der Waals surface area contributed by atoms with Crippen LogP contribution in [-0.2, 0) is 0 Å². The van der Waals surface area contributed by atoms with E-state index >= 15 is 0 Å². The van der Waals surface area contributed by atoms with Crippen LogP contribution in [0.2, 0.25) is 0 Å². The van der Waals surface area contributed by atoms with Crippen LogP contribution in [0.5, 0.6) is 0 Å². The van der Waals surface area contributed by atoms with Crippen molar-refractivity contribution in [1.82, 2.24) is 0 Å². The Kier molecular flexibility index (Phi) is 1.09.